The van der Waals surface area contributed by atoms with Crippen molar-refractivity contribution in [2.24, 2.45) is 0 Å². The maximum Gasteiger partial charge on any atom is 0.236 e. The van der Waals surface area contributed by atoms with E-state index in [-0.39, 0.29) is 5.91 Å². The van der Waals surface area contributed by atoms with Gasteiger partial charge in [-0.05, 0) is 25.3 Å². The molecule has 0 atom stereocenters. The molecule has 1 aromatic carbocycles. The average Bonchev–Trinajstić information content (AvgIpc) is 2.55. The number of hydrogen-bond acceptors (Lipinski definition) is 4. The molecule has 0 radical (unpaired) electrons. The Labute approximate surface area is 126 Å². The number of likely N-dealkylation sites (tertiary alicyclic amines) is 1. The van der Waals surface area contributed by atoms with Crippen LogP contribution in [0.5, 0.6) is 11.5 Å². The van der Waals surface area contributed by atoms with E-state index in [1.807, 2.05) is 23.1 Å². The molecule has 5 heteroatoms. The summed E-state index contributed by atoms with van der Waals surface area (Å²) in [7, 11) is 3.27. The van der Waals surface area contributed by atoms with E-state index >= 15 is 0 Å². The Morgan fingerprint density at radius 1 is 1.19 bits per heavy atom. The monoisotopic (exact) mass is 292 g/mol. The molecular formula is C16H24N2O3. The molecule has 0 saturated carbocycles. The van der Waals surface area contributed by atoms with E-state index in [1.54, 1.807) is 14.2 Å². The van der Waals surface area contributed by atoms with E-state index in [2.05, 4.69) is 5.32 Å². The lowest BCUT2D eigenvalue weighted by atomic mass is 10.1. The van der Waals surface area contributed by atoms with Crippen molar-refractivity contribution in [3.63, 3.8) is 0 Å². The molecule has 5 nitrogen and oxygen atoms in total. The molecule has 0 aliphatic carbocycles. The predicted molar refractivity (Wildman–Crippen MR) is 81.7 cm³/mol. The fourth-order valence-corrected chi connectivity index (χ4v) is 2.56. The second-order valence-electron chi connectivity index (χ2n) is 5.22. The van der Waals surface area contributed by atoms with Gasteiger partial charge in [-0.2, -0.15) is 0 Å². The quantitative estimate of drug-likeness (QED) is 0.869. The van der Waals surface area contributed by atoms with Gasteiger partial charge in [0, 0.05) is 31.3 Å². The predicted octanol–water partition coefficient (Wildman–Crippen LogP) is 1.81. The Hall–Kier alpha value is -1.75. The highest BCUT2D eigenvalue weighted by Gasteiger charge is 2.15. The molecule has 0 unspecified atom stereocenters. The normalized spacial score (nSPS) is 14.9. The number of amides is 1. The first kappa shape index (κ1) is 15.6. The van der Waals surface area contributed by atoms with Gasteiger partial charge in [0.2, 0.25) is 5.91 Å². The van der Waals surface area contributed by atoms with Crippen molar-refractivity contribution in [3.05, 3.63) is 23.8 Å². The largest absolute Gasteiger partial charge is 0.497 e. The summed E-state index contributed by atoms with van der Waals surface area (Å²) in [5.41, 5.74) is 1.02. The standard InChI is InChI=1S/C16H24N2O3/c1-20-14-7-6-13(15(10-14)21-2)11-17-12-16(19)18-8-4-3-5-9-18/h6-7,10,17H,3-5,8-9,11-12H2,1-2H3. The Balaban J connectivity index is 1.83. The van der Waals surface area contributed by atoms with Gasteiger partial charge in [-0.1, -0.05) is 6.07 Å². The first-order valence-corrected chi connectivity index (χ1v) is 7.44. The number of rotatable bonds is 6. The van der Waals surface area contributed by atoms with Crippen molar-refractivity contribution in [3.8, 4) is 11.5 Å². The van der Waals surface area contributed by atoms with Crippen LogP contribution in [-0.4, -0.2) is 44.7 Å². The molecular weight excluding hydrogens is 268 g/mol. The topological polar surface area (TPSA) is 50.8 Å². The maximum absolute atomic E-state index is 12.1. The Morgan fingerprint density at radius 3 is 2.62 bits per heavy atom. The number of benzene rings is 1. The van der Waals surface area contributed by atoms with Crippen LogP contribution in [0.15, 0.2) is 18.2 Å². The van der Waals surface area contributed by atoms with E-state index in [9.17, 15) is 4.79 Å². The summed E-state index contributed by atoms with van der Waals surface area (Å²) < 4.78 is 10.5. The second-order valence-corrected chi connectivity index (χ2v) is 5.22. The zero-order valence-electron chi connectivity index (χ0n) is 12.9. The minimum atomic E-state index is 0.183. The molecule has 116 valence electrons. The second kappa shape index (κ2) is 7.88. The zero-order valence-corrected chi connectivity index (χ0v) is 12.9. The molecule has 1 saturated heterocycles. The molecule has 1 fully saturated rings. The Bertz CT molecular complexity index is 471. The highest BCUT2D eigenvalue weighted by molar-refractivity contribution is 5.78. The summed E-state index contributed by atoms with van der Waals surface area (Å²) in [5.74, 6) is 1.72. The van der Waals surface area contributed by atoms with Crippen molar-refractivity contribution in [1.82, 2.24) is 10.2 Å². The molecule has 1 aliphatic heterocycles. The van der Waals surface area contributed by atoms with E-state index in [1.165, 1.54) is 6.42 Å². The molecule has 0 bridgehead atoms. The lowest BCUT2D eigenvalue weighted by Crippen LogP contribution is -2.40. The Morgan fingerprint density at radius 2 is 1.95 bits per heavy atom. The molecule has 21 heavy (non-hydrogen) atoms. The number of nitrogens with one attached hydrogen (secondary N) is 1. The molecule has 1 aliphatic rings. The third-order valence-electron chi connectivity index (χ3n) is 3.79. The fourth-order valence-electron chi connectivity index (χ4n) is 2.56. The van der Waals surface area contributed by atoms with Crippen molar-refractivity contribution in [2.75, 3.05) is 33.9 Å². The lowest BCUT2D eigenvalue weighted by molar-refractivity contribution is -0.131. The van der Waals surface area contributed by atoms with Gasteiger partial charge >= 0.3 is 0 Å². The smallest absolute Gasteiger partial charge is 0.236 e. The van der Waals surface area contributed by atoms with Gasteiger partial charge in [-0.3, -0.25) is 4.79 Å². The summed E-state index contributed by atoms with van der Waals surface area (Å²) in [6, 6.07) is 5.70. The number of nitrogens with zero attached hydrogens (tertiary/aromatic N) is 1. The Kier molecular flexibility index (Phi) is 5.87. The minimum Gasteiger partial charge on any atom is -0.497 e. The van der Waals surface area contributed by atoms with Crippen LogP contribution < -0.4 is 14.8 Å². The molecule has 2 rings (SSSR count). The summed E-state index contributed by atoms with van der Waals surface area (Å²) in [6.07, 6.45) is 3.48. The van der Waals surface area contributed by atoms with Crippen LogP contribution in [0.4, 0.5) is 0 Å². The maximum atomic E-state index is 12.1. The van der Waals surface area contributed by atoms with Crippen LogP contribution in [0.1, 0.15) is 24.8 Å². The van der Waals surface area contributed by atoms with Gasteiger partial charge in [0.15, 0.2) is 0 Å². The van der Waals surface area contributed by atoms with Gasteiger partial charge in [0.05, 0.1) is 20.8 Å². The van der Waals surface area contributed by atoms with Crippen LogP contribution in [-0.2, 0) is 11.3 Å². The SMILES string of the molecule is COc1ccc(CNCC(=O)N2CCCCC2)c(OC)c1. The summed E-state index contributed by atoms with van der Waals surface area (Å²) in [6.45, 7) is 2.76. The number of methoxy groups -OCH3 is 2. The summed E-state index contributed by atoms with van der Waals surface area (Å²) in [5, 5.41) is 3.20. The van der Waals surface area contributed by atoms with Crippen molar-refractivity contribution in [2.45, 2.75) is 25.8 Å². The third kappa shape index (κ3) is 4.36. The third-order valence-corrected chi connectivity index (χ3v) is 3.79. The molecule has 0 spiro atoms. The van der Waals surface area contributed by atoms with Crippen molar-refractivity contribution >= 4 is 5.91 Å². The van der Waals surface area contributed by atoms with E-state index < -0.39 is 0 Å². The van der Waals surface area contributed by atoms with Crippen LogP contribution in [0.25, 0.3) is 0 Å². The van der Waals surface area contributed by atoms with Crippen molar-refractivity contribution in [1.29, 1.82) is 0 Å². The highest BCUT2D eigenvalue weighted by atomic mass is 16.5. The van der Waals surface area contributed by atoms with Crippen LogP contribution in [0.3, 0.4) is 0 Å². The first-order valence-electron chi connectivity index (χ1n) is 7.44. The molecule has 0 aromatic heterocycles. The number of carbonyl (C=O) groups is 1. The minimum absolute atomic E-state index is 0.183. The van der Waals surface area contributed by atoms with Crippen LogP contribution >= 0.6 is 0 Å². The van der Waals surface area contributed by atoms with Crippen LogP contribution in [0, 0.1) is 0 Å². The molecule has 1 heterocycles. The summed E-state index contributed by atoms with van der Waals surface area (Å²) in [4.78, 5) is 14.0. The summed E-state index contributed by atoms with van der Waals surface area (Å²) >= 11 is 0. The average molecular weight is 292 g/mol. The van der Waals surface area contributed by atoms with Gasteiger partial charge in [0.25, 0.3) is 0 Å². The fraction of sp³-hybridized carbons (Fsp3) is 0.562. The number of hydrogen-bond donors (Lipinski definition) is 1. The van der Waals surface area contributed by atoms with E-state index in [4.69, 9.17) is 9.47 Å². The van der Waals surface area contributed by atoms with Crippen molar-refractivity contribution < 1.29 is 14.3 Å². The van der Waals surface area contributed by atoms with Gasteiger partial charge < -0.3 is 19.7 Å². The molecule has 1 amide bonds. The zero-order chi connectivity index (χ0) is 15.1. The van der Waals surface area contributed by atoms with Crippen LogP contribution in [0.2, 0.25) is 0 Å². The van der Waals surface area contributed by atoms with Gasteiger partial charge in [0.1, 0.15) is 11.5 Å². The van der Waals surface area contributed by atoms with Gasteiger partial charge in [-0.15, -0.1) is 0 Å². The lowest BCUT2D eigenvalue weighted by Gasteiger charge is -2.26. The first-order chi connectivity index (χ1) is 10.2. The van der Waals surface area contributed by atoms with E-state index in [0.717, 1.165) is 43.0 Å². The molecule has 1 N–H and O–H groups in total. The number of carbonyl (C=O) groups excluding carboxylic acids is 1. The highest BCUT2D eigenvalue weighted by Crippen LogP contribution is 2.24. The van der Waals surface area contributed by atoms with Gasteiger partial charge in [-0.25, -0.2) is 0 Å². The number of piperidine rings is 1. The molecule has 1 aromatic rings. The van der Waals surface area contributed by atoms with E-state index in [0.29, 0.717) is 13.1 Å². The number of ether oxygens (including phenoxy) is 2.